The molecule has 14 heteroatoms. The number of nitrogens with one attached hydrogen (secondary N) is 1. The number of H-pyrrole nitrogens is 1. The summed E-state index contributed by atoms with van der Waals surface area (Å²) in [5.41, 5.74) is 8.11. The Morgan fingerprint density at radius 2 is 1.89 bits per heavy atom. The first kappa shape index (κ1) is 24.2. The third-order valence-electron chi connectivity index (χ3n) is 5.08. The third kappa shape index (κ3) is 5.97. The summed E-state index contributed by atoms with van der Waals surface area (Å²) in [6.07, 6.45) is 2.65. The zero-order valence-electron chi connectivity index (χ0n) is 18.5. The van der Waals surface area contributed by atoms with Crippen molar-refractivity contribution in [2.75, 3.05) is 6.61 Å². The highest BCUT2D eigenvalue weighted by Crippen LogP contribution is 2.50. The van der Waals surface area contributed by atoms with Crippen LogP contribution in [0.15, 0.2) is 75.8 Å². The lowest BCUT2D eigenvalue weighted by atomic mass is 10.1. The number of aryl methyl sites for hydroxylation is 1. The number of rotatable bonds is 9. The van der Waals surface area contributed by atoms with Crippen molar-refractivity contribution in [2.45, 2.75) is 31.7 Å². The second kappa shape index (κ2) is 10.6. The molecule has 4 atom stereocenters. The summed E-state index contributed by atoms with van der Waals surface area (Å²) in [5, 5.41) is 3.73. The third-order valence-corrected chi connectivity index (χ3v) is 6.42. The van der Waals surface area contributed by atoms with Crippen molar-refractivity contribution in [3.05, 3.63) is 97.9 Å². The summed E-state index contributed by atoms with van der Waals surface area (Å²) < 4.78 is 37.3. The number of benzene rings is 1. The Hall–Kier alpha value is -3.89. The van der Waals surface area contributed by atoms with E-state index in [9.17, 15) is 14.2 Å². The van der Waals surface area contributed by atoms with Gasteiger partial charge in [0, 0.05) is 35.5 Å². The number of para-hydroxylation sites is 1. The van der Waals surface area contributed by atoms with Crippen LogP contribution in [0.25, 0.3) is 10.4 Å². The number of aromatic nitrogens is 3. The van der Waals surface area contributed by atoms with Crippen LogP contribution in [-0.4, -0.2) is 33.3 Å². The number of pyridine rings is 1. The van der Waals surface area contributed by atoms with Gasteiger partial charge in [0.25, 0.3) is 5.56 Å². The minimum absolute atomic E-state index is 0.124. The maximum atomic E-state index is 13.5. The number of hydrogen-bond donors (Lipinski definition) is 1. The Bertz CT molecular complexity index is 1330. The van der Waals surface area contributed by atoms with Gasteiger partial charge in [-0.05, 0) is 36.7 Å². The first-order chi connectivity index (χ1) is 16.9. The predicted octanol–water partition coefficient (Wildman–Crippen LogP) is 3.49. The van der Waals surface area contributed by atoms with Gasteiger partial charge in [-0.15, -0.1) is 0 Å². The Labute approximate surface area is 198 Å². The van der Waals surface area contributed by atoms with Crippen LogP contribution in [0.5, 0.6) is 11.5 Å². The fourth-order valence-electron chi connectivity index (χ4n) is 3.40. The second-order valence-corrected chi connectivity index (χ2v) is 9.06. The van der Waals surface area contributed by atoms with Gasteiger partial charge in [-0.3, -0.25) is 23.9 Å². The lowest BCUT2D eigenvalue weighted by Crippen LogP contribution is -2.33. The Morgan fingerprint density at radius 1 is 1.20 bits per heavy atom. The van der Waals surface area contributed by atoms with Crippen molar-refractivity contribution in [1.29, 1.82) is 0 Å². The van der Waals surface area contributed by atoms with Crippen molar-refractivity contribution in [1.82, 2.24) is 14.5 Å². The molecule has 3 heterocycles. The van der Waals surface area contributed by atoms with E-state index in [1.807, 2.05) is 0 Å². The second-order valence-electron chi connectivity index (χ2n) is 7.54. The number of phosphoric ester groups is 1. The van der Waals surface area contributed by atoms with Crippen molar-refractivity contribution in [3.8, 4) is 11.5 Å². The Kier molecular flexibility index (Phi) is 7.33. The van der Waals surface area contributed by atoms with E-state index in [2.05, 4.69) is 20.0 Å². The largest absolute Gasteiger partial charge is 0.587 e. The number of azide groups is 1. The molecular weight excluding hydrogens is 479 g/mol. The van der Waals surface area contributed by atoms with E-state index in [-0.39, 0.29) is 24.5 Å². The fraction of sp³-hybridized carbons (Fsp3) is 0.286. The van der Waals surface area contributed by atoms with Crippen LogP contribution in [-0.2, 0) is 13.8 Å². The maximum absolute atomic E-state index is 13.5. The number of aromatic amines is 1. The molecule has 1 unspecified atom stereocenters. The van der Waals surface area contributed by atoms with Crippen LogP contribution >= 0.6 is 7.82 Å². The molecule has 0 radical (unpaired) electrons. The molecule has 182 valence electrons. The lowest BCUT2D eigenvalue weighted by Gasteiger charge is -2.22. The van der Waals surface area contributed by atoms with Crippen molar-refractivity contribution in [3.63, 3.8) is 0 Å². The Morgan fingerprint density at radius 3 is 2.57 bits per heavy atom. The molecule has 0 bridgehead atoms. The summed E-state index contributed by atoms with van der Waals surface area (Å²) in [6, 6.07) is 10.5. The molecule has 1 aliphatic heterocycles. The SMILES string of the molecule is Cc1cn([C@H]2C[C@H](N=[N+]=[N-])[C@@H](COP(=O)(Oc3ccccc3)Oc3ccncc3)O2)c(=O)[nH]c1=O. The molecule has 13 nitrogen and oxygen atoms in total. The normalized spacial score (nSPS) is 21.0. The van der Waals surface area contributed by atoms with Crippen LogP contribution in [0.4, 0.5) is 0 Å². The average Bonchev–Trinajstić information content (AvgIpc) is 3.24. The zero-order valence-corrected chi connectivity index (χ0v) is 19.4. The van der Waals surface area contributed by atoms with Gasteiger partial charge in [0.05, 0.1) is 18.8 Å². The van der Waals surface area contributed by atoms with E-state index < -0.39 is 37.4 Å². The van der Waals surface area contributed by atoms with Crippen LogP contribution in [0.3, 0.4) is 0 Å². The minimum Gasteiger partial charge on any atom is -0.395 e. The van der Waals surface area contributed by atoms with Gasteiger partial charge >= 0.3 is 13.5 Å². The Balaban J connectivity index is 1.55. The summed E-state index contributed by atoms with van der Waals surface area (Å²) in [7, 11) is -4.24. The predicted molar refractivity (Wildman–Crippen MR) is 123 cm³/mol. The van der Waals surface area contributed by atoms with Crippen molar-refractivity contribution < 1.29 is 22.9 Å². The van der Waals surface area contributed by atoms with E-state index in [1.165, 1.54) is 35.3 Å². The van der Waals surface area contributed by atoms with Gasteiger partial charge < -0.3 is 13.8 Å². The molecule has 0 amide bonds. The van der Waals surface area contributed by atoms with Crippen LogP contribution < -0.4 is 20.3 Å². The maximum Gasteiger partial charge on any atom is 0.587 e. The topological polar surface area (TPSA) is 170 Å². The zero-order chi connectivity index (χ0) is 24.8. The average molecular weight is 500 g/mol. The van der Waals surface area contributed by atoms with E-state index in [1.54, 1.807) is 37.3 Å². The van der Waals surface area contributed by atoms with Gasteiger partial charge in [-0.1, -0.05) is 23.3 Å². The molecular formula is C21H21N6O7P. The highest BCUT2D eigenvalue weighted by atomic mass is 31.2. The smallest absolute Gasteiger partial charge is 0.395 e. The van der Waals surface area contributed by atoms with E-state index >= 15 is 0 Å². The molecule has 1 aliphatic rings. The van der Waals surface area contributed by atoms with Gasteiger partial charge in [-0.2, -0.15) is 0 Å². The number of nitrogens with zero attached hydrogens (tertiary/aromatic N) is 5. The van der Waals surface area contributed by atoms with E-state index in [0.717, 1.165) is 0 Å². The molecule has 35 heavy (non-hydrogen) atoms. The van der Waals surface area contributed by atoms with Crippen LogP contribution in [0.1, 0.15) is 18.2 Å². The van der Waals surface area contributed by atoms with Crippen LogP contribution in [0, 0.1) is 6.92 Å². The molecule has 3 aromatic rings. The highest BCUT2D eigenvalue weighted by molar-refractivity contribution is 7.49. The molecule has 1 fully saturated rings. The van der Waals surface area contributed by atoms with Crippen LogP contribution in [0.2, 0.25) is 0 Å². The molecule has 0 aliphatic carbocycles. The first-order valence-corrected chi connectivity index (χ1v) is 11.9. The monoisotopic (exact) mass is 500 g/mol. The summed E-state index contributed by atoms with van der Waals surface area (Å²) in [6.45, 7) is 1.20. The van der Waals surface area contributed by atoms with Crippen molar-refractivity contribution >= 4 is 7.82 Å². The quantitative estimate of drug-likeness (QED) is 0.201. The highest BCUT2D eigenvalue weighted by Gasteiger charge is 2.40. The van der Waals surface area contributed by atoms with Gasteiger partial charge in [-0.25, -0.2) is 9.36 Å². The van der Waals surface area contributed by atoms with E-state index in [4.69, 9.17) is 23.8 Å². The van der Waals surface area contributed by atoms with Gasteiger partial charge in [0.1, 0.15) is 17.7 Å². The first-order valence-electron chi connectivity index (χ1n) is 10.5. The van der Waals surface area contributed by atoms with Gasteiger partial charge in [0.2, 0.25) is 0 Å². The van der Waals surface area contributed by atoms with Crippen molar-refractivity contribution in [2.24, 2.45) is 5.11 Å². The molecule has 0 saturated carbocycles. The summed E-state index contributed by atoms with van der Waals surface area (Å²) in [5.74, 6) is 0.448. The van der Waals surface area contributed by atoms with Gasteiger partial charge in [0.15, 0.2) is 0 Å². The fourth-order valence-corrected chi connectivity index (χ4v) is 4.63. The standard InChI is InChI=1S/C21H21N6O7P/c1-14-12-27(21(29)24-20(14)28)19-11-17(25-26-22)18(32-19)13-31-35(30,33-15-5-3-2-4-6-15)34-16-7-9-23-10-8-16/h2-10,12,17-19H,11,13H2,1H3,(H,24,28,29)/t17-,18+,19+,35?/m0/s1. The van der Waals surface area contributed by atoms with E-state index in [0.29, 0.717) is 5.56 Å². The summed E-state index contributed by atoms with van der Waals surface area (Å²) in [4.78, 5) is 32.9. The lowest BCUT2D eigenvalue weighted by molar-refractivity contribution is -0.0260. The number of phosphoric acid groups is 1. The molecule has 1 aromatic carbocycles. The molecule has 2 aromatic heterocycles. The molecule has 1 saturated heterocycles. The molecule has 4 rings (SSSR count). The summed E-state index contributed by atoms with van der Waals surface area (Å²) >= 11 is 0. The number of ether oxygens (including phenoxy) is 1. The minimum atomic E-state index is -4.24. The molecule has 0 spiro atoms. The number of hydrogen-bond acceptors (Lipinski definition) is 9. The molecule has 1 N–H and O–H groups in total.